The second kappa shape index (κ2) is 5.71. The summed E-state index contributed by atoms with van der Waals surface area (Å²) in [6.07, 6.45) is -2.27. The highest BCUT2D eigenvalue weighted by Crippen LogP contribution is 2.36. The molecule has 1 aliphatic carbocycles. The Kier molecular flexibility index (Phi) is 4.40. The molecule has 0 radical (unpaired) electrons. The minimum atomic E-state index is -4.38. The number of aliphatic hydroxyl groups is 1. The van der Waals surface area contributed by atoms with Crippen molar-refractivity contribution in [3.8, 4) is 0 Å². The molecule has 2 N–H and O–H groups in total. The molecular formula is C13H15BrF3NO. The van der Waals surface area contributed by atoms with E-state index in [0.717, 1.165) is 25.3 Å². The summed E-state index contributed by atoms with van der Waals surface area (Å²) in [6, 6.07) is 3.85. The van der Waals surface area contributed by atoms with Crippen LogP contribution in [0.2, 0.25) is 0 Å². The molecule has 6 heteroatoms. The minimum Gasteiger partial charge on any atom is -0.393 e. The summed E-state index contributed by atoms with van der Waals surface area (Å²) in [5.74, 6) is 0.0278. The van der Waals surface area contributed by atoms with Crippen molar-refractivity contribution in [2.45, 2.75) is 31.5 Å². The van der Waals surface area contributed by atoms with Gasteiger partial charge in [0.05, 0.1) is 11.7 Å². The molecule has 0 aromatic heterocycles. The quantitative estimate of drug-likeness (QED) is 0.872. The van der Waals surface area contributed by atoms with E-state index >= 15 is 0 Å². The summed E-state index contributed by atoms with van der Waals surface area (Å²) in [4.78, 5) is 0. The van der Waals surface area contributed by atoms with Crippen LogP contribution in [0.3, 0.4) is 0 Å². The van der Waals surface area contributed by atoms with E-state index in [-0.39, 0.29) is 11.6 Å². The van der Waals surface area contributed by atoms with Gasteiger partial charge in [0.25, 0.3) is 0 Å². The Balaban J connectivity index is 2.12. The fraction of sp³-hybridized carbons (Fsp3) is 0.538. The third kappa shape index (κ3) is 3.63. The fourth-order valence-corrected chi connectivity index (χ4v) is 2.77. The van der Waals surface area contributed by atoms with Gasteiger partial charge in [-0.2, -0.15) is 13.2 Å². The smallest absolute Gasteiger partial charge is 0.393 e. The van der Waals surface area contributed by atoms with E-state index in [9.17, 15) is 18.3 Å². The first-order chi connectivity index (χ1) is 8.88. The lowest BCUT2D eigenvalue weighted by atomic mass is 10.1. The highest BCUT2D eigenvalue weighted by molar-refractivity contribution is 9.10. The second-order valence-corrected chi connectivity index (χ2v) is 5.74. The molecule has 106 valence electrons. The number of hydrogen-bond acceptors (Lipinski definition) is 2. The van der Waals surface area contributed by atoms with Crippen molar-refractivity contribution < 1.29 is 18.3 Å². The number of hydrogen-bond donors (Lipinski definition) is 2. The zero-order chi connectivity index (χ0) is 14.0. The summed E-state index contributed by atoms with van der Waals surface area (Å²) in [7, 11) is 0. The lowest BCUT2D eigenvalue weighted by molar-refractivity contribution is -0.137. The minimum absolute atomic E-state index is 0.0278. The van der Waals surface area contributed by atoms with Crippen LogP contribution in [-0.4, -0.2) is 17.8 Å². The third-order valence-electron chi connectivity index (χ3n) is 3.46. The van der Waals surface area contributed by atoms with Crippen molar-refractivity contribution in [3.63, 3.8) is 0 Å². The monoisotopic (exact) mass is 337 g/mol. The molecule has 2 atom stereocenters. The lowest BCUT2D eigenvalue weighted by Gasteiger charge is -2.19. The van der Waals surface area contributed by atoms with E-state index in [0.29, 0.717) is 11.0 Å². The number of anilines is 1. The summed E-state index contributed by atoms with van der Waals surface area (Å²) in [5.41, 5.74) is -0.621. The molecule has 0 saturated heterocycles. The van der Waals surface area contributed by atoms with Crippen LogP contribution < -0.4 is 5.32 Å². The predicted molar refractivity (Wildman–Crippen MR) is 71.0 cm³/mol. The summed E-state index contributed by atoms with van der Waals surface area (Å²) in [5, 5.41) is 12.5. The molecule has 0 heterocycles. The van der Waals surface area contributed by atoms with Gasteiger partial charge in [0.2, 0.25) is 0 Å². The Morgan fingerprint density at radius 3 is 2.63 bits per heavy atom. The highest BCUT2D eigenvalue weighted by atomic mass is 79.9. The number of aliphatic hydroxyl groups excluding tert-OH is 1. The molecule has 1 aliphatic rings. The summed E-state index contributed by atoms with van der Waals surface area (Å²) < 4.78 is 39.2. The molecule has 0 bridgehead atoms. The van der Waals surface area contributed by atoms with Gasteiger partial charge in [0, 0.05) is 22.6 Å². The summed E-state index contributed by atoms with van der Waals surface area (Å²) in [6.45, 7) is 0.362. The highest BCUT2D eigenvalue weighted by Gasteiger charge is 2.34. The van der Waals surface area contributed by atoms with Gasteiger partial charge in [-0.1, -0.05) is 22.4 Å². The van der Waals surface area contributed by atoms with Crippen LogP contribution in [0.15, 0.2) is 22.7 Å². The topological polar surface area (TPSA) is 32.3 Å². The van der Waals surface area contributed by atoms with Gasteiger partial charge in [0.15, 0.2) is 0 Å². The molecule has 2 unspecified atom stereocenters. The molecule has 1 aromatic carbocycles. The fourth-order valence-electron chi connectivity index (χ4n) is 2.41. The van der Waals surface area contributed by atoms with Gasteiger partial charge in [-0.15, -0.1) is 0 Å². The van der Waals surface area contributed by atoms with Crippen molar-refractivity contribution in [2.75, 3.05) is 11.9 Å². The molecule has 0 aliphatic heterocycles. The largest absolute Gasteiger partial charge is 0.418 e. The maximum Gasteiger partial charge on any atom is 0.418 e. The van der Waals surface area contributed by atoms with Gasteiger partial charge in [0.1, 0.15) is 0 Å². The number of alkyl halides is 3. The average Bonchev–Trinajstić information content (AvgIpc) is 2.70. The van der Waals surface area contributed by atoms with E-state index < -0.39 is 17.8 Å². The maximum atomic E-state index is 12.9. The number of nitrogens with one attached hydrogen (secondary N) is 1. The van der Waals surface area contributed by atoms with Crippen LogP contribution in [0.25, 0.3) is 0 Å². The van der Waals surface area contributed by atoms with Gasteiger partial charge < -0.3 is 10.4 Å². The van der Waals surface area contributed by atoms with Crippen LogP contribution in [0.4, 0.5) is 18.9 Å². The maximum absolute atomic E-state index is 12.9. The molecule has 0 spiro atoms. The first-order valence-corrected chi connectivity index (χ1v) is 6.96. The molecule has 2 rings (SSSR count). The zero-order valence-corrected chi connectivity index (χ0v) is 11.8. The van der Waals surface area contributed by atoms with E-state index in [1.54, 1.807) is 0 Å². The average molecular weight is 338 g/mol. The van der Waals surface area contributed by atoms with Crippen molar-refractivity contribution in [3.05, 3.63) is 28.2 Å². The van der Waals surface area contributed by atoms with Crippen molar-refractivity contribution in [1.29, 1.82) is 0 Å². The van der Waals surface area contributed by atoms with E-state index in [4.69, 9.17) is 0 Å². The molecule has 2 nitrogen and oxygen atoms in total. The van der Waals surface area contributed by atoms with E-state index in [1.807, 2.05) is 0 Å². The van der Waals surface area contributed by atoms with Crippen LogP contribution in [0.5, 0.6) is 0 Å². The van der Waals surface area contributed by atoms with Crippen molar-refractivity contribution >= 4 is 21.6 Å². The lowest BCUT2D eigenvalue weighted by Crippen LogP contribution is -2.23. The number of benzene rings is 1. The molecule has 1 aromatic rings. The van der Waals surface area contributed by atoms with Crippen molar-refractivity contribution in [1.82, 2.24) is 0 Å². The zero-order valence-electron chi connectivity index (χ0n) is 10.2. The number of rotatable bonds is 3. The van der Waals surface area contributed by atoms with Gasteiger partial charge in [-0.05, 0) is 31.0 Å². The predicted octanol–water partition coefficient (Wildman–Crippen LogP) is 4.04. The first-order valence-electron chi connectivity index (χ1n) is 6.16. The Labute approximate surface area is 118 Å². The van der Waals surface area contributed by atoms with Crippen LogP contribution >= 0.6 is 15.9 Å². The van der Waals surface area contributed by atoms with E-state index in [2.05, 4.69) is 21.2 Å². The Morgan fingerprint density at radius 2 is 2.05 bits per heavy atom. The molecule has 0 amide bonds. The van der Waals surface area contributed by atoms with Gasteiger partial charge in [-0.3, -0.25) is 0 Å². The molecule has 1 saturated carbocycles. The standard InChI is InChI=1S/C13H15BrF3NO/c14-9-4-5-10(13(15,16)17)11(6-9)18-7-8-2-1-3-12(8)19/h4-6,8,12,18-19H,1-3,7H2. The van der Waals surface area contributed by atoms with Crippen LogP contribution in [-0.2, 0) is 6.18 Å². The Hall–Kier alpha value is -0.750. The third-order valence-corrected chi connectivity index (χ3v) is 3.95. The van der Waals surface area contributed by atoms with Gasteiger partial charge in [-0.25, -0.2) is 0 Å². The first kappa shape index (κ1) is 14.7. The SMILES string of the molecule is OC1CCCC1CNc1cc(Br)ccc1C(F)(F)F. The van der Waals surface area contributed by atoms with Gasteiger partial charge >= 0.3 is 6.18 Å². The number of halogens is 4. The Morgan fingerprint density at radius 1 is 1.32 bits per heavy atom. The summed E-state index contributed by atoms with van der Waals surface area (Å²) >= 11 is 3.17. The van der Waals surface area contributed by atoms with Crippen molar-refractivity contribution in [2.24, 2.45) is 5.92 Å². The van der Waals surface area contributed by atoms with E-state index in [1.165, 1.54) is 12.1 Å². The Bertz CT molecular complexity index is 450. The van der Waals surface area contributed by atoms with Crippen LogP contribution in [0.1, 0.15) is 24.8 Å². The molecule has 19 heavy (non-hydrogen) atoms. The molecular weight excluding hydrogens is 323 g/mol. The van der Waals surface area contributed by atoms with Crippen LogP contribution in [0, 0.1) is 5.92 Å². The normalized spacial score (nSPS) is 23.6. The second-order valence-electron chi connectivity index (χ2n) is 4.83. The molecule has 1 fully saturated rings.